The van der Waals surface area contributed by atoms with E-state index in [2.05, 4.69) is 20.6 Å². The summed E-state index contributed by atoms with van der Waals surface area (Å²) in [6.45, 7) is 4.07. The number of guanidine groups is 2. The number of amides is 1. The Morgan fingerprint density at radius 3 is 2.69 bits per heavy atom. The van der Waals surface area contributed by atoms with Crippen molar-refractivity contribution in [2.75, 3.05) is 17.3 Å². The predicted octanol–water partition coefficient (Wildman–Crippen LogP) is 1.82. The van der Waals surface area contributed by atoms with Gasteiger partial charge in [-0.25, -0.2) is 9.98 Å². The standard InChI is InChI=1S/C19H20N6O/c1-11-7-6-9-14(12(11)2)21-18-22-17(20)23-19(24-18)13-8-4-5-10-15(13)25(3)16(19)26/h4-10H,1-3H3,(H4,20,21,22,23,24). The molecular formula is C19H20N6O. The van der Waals surface area contributed by atoms with Crippen LogP contribution < -0.4 is 21.3 Å². The van der Waals surface area contributed by atoms with Gasteiger partial charge in [-0.2, -0.15) is 0 Å². The highest BCUT2D eigenvalue weighted by Crippen LogP contribution is 2.43. The highest BCUT2D eigenvalue weighted by atomic mass is 16.2. The molecule has 1 amide bonds. The van der Waals surface area contributed by atoms with E-state index in [1.165, 1.54) is 0 Å². The van der Waals surface area contributed by atoms with Crippen LogP contribution in [-0.4, -0.2) is 24.9 Å². The highest BCUT2D eigenvalue weighted by molar-refractivity contribution is 6.14. The smallest absolute Gasteiger partial charge is 0.282 e. The van der Waals surface area contributed by atoms with Gasteiger partial charge in [-0.1, -0.05) is 30.3 Å². The van der Waals surface area contributed by atoms with E-state index >= 15 is 0 Å². The first-order valence-electron chi connectivity index (χ1n) is 8.35. The van der Waals surface area contributed by atoms with Gasteiger partial charge in [0.2, 0.25) is 5.96 Å². The number of anilines is 2. The lowest BCUT2D eigenvalue weighted by molar-refractivity contribution is -0.122. The fourth-order valence-electron chi connectivity index (χ4n) is 3.35. The summed E-state index contributed by atoms with van der Waals surface area (Å²) < 4.78 is 0. The van der Waals surface area contributed by atoms with Gasteiger partial charge in [-0.05, 0) is 37.1 Å². The third kappa shape index (κ3) is 2.24. The maximum atomic E-state index is 13.0. The van der Waals surface area contributed by atoms with E-state index in [1.54, 1.807) is 11.9 Å². The van der Waals surface area contributed by atoms with Crippen LogP contribution in [0, 0.1) is 13.8 Å². The largest absolute Gasteiger partial charge is 0.370 e. The number of rotatable bonds is 1. The molecule has 4 rings (SSSR count). The van der Waals surface area contributed by atoms with Crippen LogP contribution in [0.5, 0.6) is 0 Å². The zero-order valence-electron chi connectivity index (χ0n) is 14.9. The molecule has 2 aliphatic rings. The van der Waals surface area contributed by atoms with E-state index in [9.17, 15) is 4.79 Å². The summed E-state index contributed by atoms with van der Waals surface area (Å²) in [5, 5.41) is 6.17. The van der Waals surface area contributed by atoms with Gasteiger partial charge >= 0.3 is 0 Å². The van der Waals surface area contributed by atoms with Crippen molar-refractivity contribution in [1.82, 2.24) is 5.32 Å². The fraction of sp³-hybridized carbons (Fsp3) is 0.211. The molecule has 0 radical (unpaired) electrons. The molecule has 2 aromatic rings. The van der Waals surface area contributed by atoms with Crippen molar-refractivity contribution in [2.24, 2.45) is 15.7 Å². The molecule has 0 aromatic heterocycles. The third-order valence-corrected chi connectivity index (χ3v) is 4.90. The second kappa shape index (κ2) is 5.59. The average Bonchev–Trinajstić information content (AvgIpc) is 2.81. The number of carbonyl (C=O) groups excluding carboxylic acids is 1. The van der Waals surface area contributed by atoms with Gasteiger partial charge in [0.05, 0.1) is 5.69 Å². The molecule has 1 spiro atoms. The molecule has 132 valence electrons. The number of para-hydroxylation sites is 1. The van der Waals surface area contributed by atoms with Crippen LogP contribution in [0.15, 0.2) is 52.4 Å². The number of nitrogens with one attached hydrogen (secondary N) is 2. The Hall–Kier alpha value is -3.35. The van der Waals surface area contributed by atoms with Crippen LogP contribution in [0.25, 0.3) is 0 Å². The van der Waals surface area contributed by atoms with Crippen molar-refractivity contribution in [2.45, 2.75) is 19.5 Å². The van der Waals surface area contributed by atoms with Crippen molar-refractivity contribution in [3.63, 3.8) is 0 Å². The van der Waals surface area contributed by atoms with E-state index < -0.39 is 5.66 Å². The minimum absolute atomic E-state index is 0.145. The molecule has 2 heterocycles. The number of carbonyl (C=O) groups is 1. The monoisotopic (exact) mass is 348 g/mol. The fourth-order valence-corrected chi connectivity index (χ4v) is 3.35. The zero-order chi connectivity index (χ0) is 18.5. The quantitative estimate of drug-likeness (QED) is 0.732. The maximum Gasteiger partial charge on any atom is 0.282 e. The number of aryl methyl sites for hydroxylation is 1. The molecule has 2 aromatic carbocycles. The van der Waals surface area contributed by atoms with Crippen LogP contribution in [0.2, 0.25) is 0 Å². The van der Waals surface area contributed by atoms with Crippen molar-refractivity contribution in [3.8, 4) is 0 Å². The third-order valence-electron chi connectivity index (χ3n) is 4.90. The van der Waals surface area contributed by atoms with Gasteiger partial charge in [0.25, 0.3) is 11.6 Å². The molecule has 0 bridgehead atoms. The second-order valence-electron chi connectivity index (χ2n) is 6.51. The molecule has 1 atom stereocenters. The summed E-state index contributed by atoms with van der Waals surface area (Å²) in [6.07, 6.45) is 0. The molecule has 2 aliphatic heterocycles. The van der Waals surface area contributed by atoms with Gasteiger partial charge < -0.3 is 16.0 Å². The highest BCUT2D eigenvalue weighted by Gasteiger charge is 2.52. The topological polar surface area (TPSA) is 95.1 Å². The summed E-state index contributed by atoms with van der Waals surface area (Å²) >= 11 is 0. The second-order valence-corrected chi connectivity index (χ2v) is 6.51. The Labute approximate surface area is 151 Å². The summed E-state index contributed by atoms with van der Waals surface area (Å²) in [7, 11) is 1.72. The molecule has 7 nitrogen and oxygen atoms in total. The van der Waals surface area contributed by atoms with Crippen molar-refractivity contribution in [1.29, 1.82) is 0 Å². The average molecular weight is 348 g/mol. The molecule has 1 unspecified atom stereocenters. The number of nitrogens with two attached hydrogens (primary N) is 1. The van der Waals surface area contributed by atoms with E-state index in [0.717, 1.165) is 28.1 Å². The first kappa shape index (κ1) is 16.1. The summed E-state index contributed by atoms with van der Waals surface area (Å²) in [6, 6.07) is 13.5. The van der Waals surface area contributed by atoms with E-state index in [4.69, 9.17) is 5.73 Å². The summed E-state index contributed by atoms with van der Waals surface area (Å²) in [5.41, 5.74) is 9.28. The van der Waals surface area contributed by atoms with Crippen LogP contribution in [0.1, 0.15) is 16.7 Å². The Bertz CT molecular complexity index is 980. The summed E-state index contributed by atoms with van der Waals surface area (Å²) in [4.78, 5) is 23.6. The Balaban J connectivity index is 1.81. The molecule has 26 heavy (non-hydrogen) atoms. The van der Waals surface area contributed by atoms with Gasteiger partial charge in [-0.15, -0.1) is 0 Å². The van der Waals surface area contributed by atoms with E-state index in [0.29, 0.717) is 5.96 Å². The molecular weight excluding hydrogens is 328 g/mol. The van der Waals surface area contributed by atoms with Gasteiger partial charge in [0.15, 0.2) is 5.96 Å². The van der Waals surface area contributed by atoms with Crippen molar-refractivity contribution < 1.29 is 4.79 Å². The predicted molar refractivity (Wildman–Crippen MR) is 103 cm³/mol. The number of nitrogens with zero attached hydrogens (tertiary/aromatic N) is 3. The lowest BCUT2D eigenvalue weighted by atomic mass is 10.0. The van der Waals surface area contributed by atoms with Gasteiger partial charge in [0, 0.05) is 18.3 Å². The van der Waals surface area contributed by atoms with Gasteiger partial charge in [0.1, 0.15) is 0 Å². The first-order chi connectivity index (χ1) is 12.4. The normalized spacial score (nSPS) is 21.2. The molecule has 0 saturated heterocycles. The molecule has 0 aliphatic carbocycles. The molecule has 7 heteroatoms. The lowest BCUT2D eigenvalue weighted by Crippen LogP contribution is -2.50. The maximum absolute atomic E-state index is 13.0. The lowest BCUT2D eigenvalue weighted by Gasteiger charge is -2.27. The molecule has 0 fully saturated rings. The summed E-state index contributed by atoms with van der Waals surface area (Å²) in [5.74, 6) is 0.305. The molecule has 4 N–H and O–H groups in total. The van der Waals surface area contributed by atoms with Crippen molar-refractivity contribution >= 4 is 29.2 Å². The number of fused-ring (bicyclic) bond motifs is 2. The van der Waals surface area contributed by atoms with Crippen LogP contribution >= 0.6 is 0 Å². The number of likely N-dealkylation sites (N-methyl/N-ethyl adjacent to an activating group) is 1. The van der Waals surface area contributed by atoms with Crippen LogP contribution in [0.4, 0.5) is 11.4 Å². The number of aliphatic imine (C=N–C) groups is 2. The number of hydrogen-bond acceptors (Lipinski definition) is 6. The zero-order valence-corrected chi connectivity index (χ0v) is 14.9. The minimum Gasteiger partial charge on any atom is -0.370 e. The minimum atomic E-state index is -1.39. The first-order valence-corrected chi connectivity index (χ1v) is 8.35. The van der Waals surface area contributed by atoms with Gasteiger partial charge in [-0.3, -0.25) is 10.1 Å². The van der Waals surface area contributed by atoms with Crippen molar-refractivity contribution in [3.05, 3.63) is 59.2 Å². The molecule has 0 saturated carbocycles. The number of hydrogen-bond donors (Lipinski definition) is 3. The Morgan fingerprint density at radius 1 is 1.12 bits per heavy atom. The van der Waals surface area contributed by atoms with Crippen LogP contribution in [-0.2, 0) is 10.5 Å². The van der Waals surface area contributed by atoms with E-state index in [-0.39, 0.29) is 11.9 Å². The SMILES string of the molecule is Cc1cccc(NC2=NC3(N=C(N)N2)C(=O)N(C)c2ccccc23)c1C. The van der Waals surface area contributed by atoms with Crippen LogP contribution in [0.3, 0.4) is 0 Å². The Morgan fingerprint density at radius 2 is 1.88 bits per heavy atom. The number of benzene rings is 2. The van der Waals surface area contributed by atoms with E-state index in [1.807, 2.05) is 56.3 Å². The Kier molecular flexibility index (Phi) is 3.47.